The fourth-order valence-electron chi connectivity index (χ4n) is 1.92. The van der Waals surface area contributed by atoms with Crippen LogP contribution in [0.15, 0.2) is 15.9 Å². The van der Waals surface area contributed by atoms with Crippen molar-refractivity contribution >= 4 is 33.0 Å². The van der Waals surface area contributed by atoms with Crippen molar-refractivity contribution in [3.63, 3.8) is 0 Å². The molecule has 94 valence electrons. The van der Waals surface area contributed by atoms with Crippen molar-refractivity contribution in [1.82, 2.24) is 4.90 Å². The molecule has 1 fully saturated rings. The van der Waals surface area contributed by atoms with Crippen molar-refractivity contribution < 1.29 is 9.53 Å². The molecule has 1 aliphatic rings. The Morgan fingerprint density at radius 3 is 3.18 bits per heavy atom. The summed E-state index contributed by atoms with van der Waals surface area (Å²) in [5, 5.41) is 2.00. The molecule has 0 aliphatic carbocycles. The van der Waals surface area contributed by atoms with E-state index in [9.17, 15) is 4.79 Å². The number of thiophene rings is 1. The number of likely N-dealkylation sites (N-methyl/N-ethyl adjacent to an activating group) is 1. The highest BCUT2D eigenvalue weighted by Gasteiger charge is 2.25. The first-order valence-corrected chi connectivity index (χ1v) is 7.46. The van der Waals surface area contributed by atoms with Gasteiger partial charge in [0.1, 0.15) is 6.10 Å². The summed E-state index contributed by atoms with van der Waals surface area (Å²) in [4.78, 5) is 15.4. The van der Waals surface area contributed by atoms with Crippen molar-refractivity contribution in [2.24, 2.45) is 0 Å². The third-order valence-electron chi connectivity index (χ3n) is 2.93. The van der Waals surface area contributed by atoms with E-state index in [2.05, 4.69) is 27.8 Å². The molecule has 1 aromatic heterocycles. The van der Waals surface area contributed by atoms with Gasteiger partial charge in [-0.3, -0.25) is 9.69 Å². The third kappa shape index (κ3) is 3.61. The summed E-state index contributed by atoms with van der Waals surface area (Å²) in [6.07, 6.45) is 0.239. The van der Waals surface area contributed by atoms with Gasteiger partial charge in [-0.15, -0.1) is 11.3 Å². The normalized spacial score (nSPS) is 21.6. The van der Waals surface area contributed by atoms with Crippen LogP contribution >= 0.6 is 27.3 Å². The predicted molar refractivity (Wildman–Crippen MR) is 72.6 cm³/mol. The highest BCUT2D eigenvalue weighted by molar-refractivity contribution is 9.10. The molecule has 0 aromatic carbocycles. The van der Waals surface area contributed by atoms with Gasteiger partial charge in [-0.25, -0.2) is 0 Å². The Labute approximate surface area is 114 Å². The van der Waals surface area contributed by atoms with Crippen molar-refractivity contribution in [2.75, 3.05) is 26.2 Å². The molecular formula is C12H16BrNO2S. The summed E-state index contributed by atoms with van der Waals surface area (Å²) < 4.78 is 6.60. The molecule has 17 heavy (non-hydrogen) atoms. The number of rotatable bonds is 4. The maximum absolute atomic E-state index is 12.1. The van der Waals surface area contributed by atoms with Gasteiger partial charge in [0.05, 0.1) is 6.61 Å². The zero-order valence-corrected chi connectivity index (χ0v) is 12.2. The van der Waals surface area contributed by atoms with E-state index in [0.29, 0.717) is 13.0 Å². The molecule has 1 aromatic rings. The van der Waals surface area contributed by atoms with Crippen LogP contribution in [0.5, 0.6) is 0 Å². The Morgan fingerprint density at radius 1 is 1.71 bits per heavy atom. The van der Waals surface area contributed by atoms with E-state index >= 15 is 0 Å². The van der Waals surface area contributed by atoms with Crippen molar-refractivity contribution in [2.45, 2.75) is 19.4 Å². The molecular weight excluding hydrogens is 302 g/mol. The second kappa shape index (κ2) is 6.09. The predicted octanol–water partition coefficient (Wildman–Crippen LogP) is 2.34. The smallest absolute Gasteiger partial charge is 0.168 e. The van der Waals surface area contributed by atoms with Gasteiger partial charge in [0, 0.05) is 34.2 Å². The quantitative estimate of drug-likeness (QED) is 0.853. The summed E-state index contributed by atoms with van der Waals surface area (Å²) in [6, 6.07) is 2.00. The van der Waals surface area contributed by atoms with E-state index in [1.165, 1.54) is 0 Å². The minimum atomic E-state index is -0.246. The van der Waals surface area contributed by atoms with Gasteiger partial charge in [0.25, 0.3) is 0 Å². The molecule has 0 saturated carbocycles. The van der Waals surface area contributed by atoms with Crippen LogP contribution in [0.25, 0.3) is 0 Å². The zero-order valence-electron chi connectivity index (χ0n) is 9.82. The monoisotopic (exact) mass is 317 g/mol. The molecule has 0 bridgehead atoms. The Bertz CT molecular complexity index is 394. The summed E-state index contributed by atoms with van der Waals surface area (Å²) >= 11 is 5.01. The number of hydrogen-bond donors (Lipinski definition) is 0. The van der Waals surface area contributed by atoms with E-state index in [1.54, 1.807) is 11.3 Å². The molecule has 2 rings (SSSR count). The summed E-state index contributed by atoms with van der Waals surface area (Å²) in [5.74, 6) is 0.192. The van der Waals surface area contributed by atoms with Crippen LogP contribution in [0.2, 0.25) is 0 Å². The van der Waals surface area contributed by atoms with Gasteiger partial charge < -0.3 is 4.74 Å². The van der Waals surface area contributed by atoms with Crippen molar-refractivity contribution in [3.8, 4) is 0 Å². The van der Waals surface area contributed by atoms with Crippen LogP contribution in [0.3, 0.4) is 0 Å². The highest BCUT2D eigenvalue weighted by atomic mass is 79.9. The third-order valence-corrected chi connectivity index (χ3v) is 4.62. The van der Waals surface area contributed by atoms with Crippen LogP contribution in [-0.2, 0) is 16.0 Å². The minimum Gasteiger partial charge on any atom is -0.368 e. The molecule has 1 atom stereocenters. The van der Waals surface area contributed by atoms with Crippen LogP contribution in [0.1, 0.15) is 11.8 Å². The van der Waals surface area contributed by atoms with E-state index < -0.39 is 0 Å². The number of morpholine rings is 1. The summed E-state index contributed by atoms with van der Waals surface area (Å²) in [6.45, 7) is 5.44. The summed E-state index contributed by atoms with van der Waals surface area (Å²) in [5.41, 5.74) is 0. The molecule has 0 N–H and O–H groups in total. The lowest BCUT2D eigenvalue weighted by molar-refractivity contribution is -0.135. The van der Waals surface area contributed by atoms with Gasteiger partial charge >= 0.3 is 0 Å². The maximum Gasteiger partial charge on any atom is 0.168 e. The van der Waals surface area contributed by atoms with Crippen LogP contribution in [0, 0.1) is 0 Å². The van der Waals surface area contributed by atoms with Crippen molar-refractivity contribution in [3.05, 3.63) is 20.8 Å². The van der Waals surface area contributed by atoms with E-state index in [0.717, 1.165) is 29.0 Å². The summed E-state index contributed by atoms with van der Waals surface area (Å²) in [7, 11) is 0. The first kappa shape index (κ1) is 13.2. The number of Topliss-reactive ketones (excluding diaryl/α,β-unsaturated/α-hetero) is 1. The number of halogens is 1. The number of carbonyl (C=O) groups is 1. The average molecular weight is 318 g/mol. The fraction of sp³-hybridized carbons (Fsp3) is 0.583. The lowest BCUT2D eigenvalue weighted by Gasteiger charge is -2.31. The second-order valence-corrected chi connectivity index (χ2v) is 6.04. The number of ketones is 1. The van der Waals surface area contributed by atoms with Crippen molar-refractivity contribution in [1.29, 1.82) is 0 Å². The average Bonchev–Trinajstić information content (AvgIpc) is 2.75. The second-order valence-electron chi connectivity index (χ2n) is 4.13. The van der Waals surface area contributed by atoms with Gasteiger partial charge in [-0.2, -0.15) is 0 Å². The van der Waals surface area contributed by atoms with Gasteiger partial charge in [-0.05, 0) is 28.5 Å². The van der Waals surface area contributed by atoms with Crippen LogP contribution in [-0.4, -0.2) is 43.0 Å². The number of hydrogen-bond acceptors (Lipinski definition) is 4. The van der Waals surface area contributed by atoms with Crippen LogP contribution < -0.4 is 0 Å². The first-order valence-electron chi connectivity index (χ1n) is 5.78. The molecule has 0 spiro atoms. The zero-order chi connectivity index (χ0) is 12.3. The molecule has 1 unspecified atom stereocenters. The first-order chi connectivity index (χ1) is 8.19. The molecule has 0 radical (unpaired) electrons. The minimum absolute atomic E-state index is 0.192. The Kier molecular flexibility index (Phi) is 4.73. The Balaban J connectivity index is 1.91. The van der Waals surface area contributed by atoms with Crippen LogP contribution in [0.4, 0.5) is 0 Å². The Hall–Kier alpha value is -0.230. The van der Waals surface area contributed by atoms with Gasteiger partial charge in [0.2, 0.25) is 0 Å². The molecule has 1 aliphatic heterocycles. The number of ether oxygens (including phenoxy) is 1. The molecule has 2 heterocycles. The topological polar surface area (TPSA) is 29.5 Å². The molecule has 1 saturated heterocycles. The van der Waals surface area contributed by atoms with E-state index in [-0.39, 0.29) is 11.9 Å². The Morgan fingerprint density at radius 2 is 2.53 bits per heavy atom. The number of carbonyl (C=O) groups excluding carboxylic acids is 1. The molecule has 5 heteroatoms. The van der Waals surface area contributed by atoms with Gasteiger partial charge in [0.15, 0.2) is 5.78 Å². The lowest BCUT2D eigenvalue weighted by atomic mass is 10.1. The SMILES string of the molecule is CCN1CCOC(C(=O)Cc2cc(Br)cs2)C1. The highest BCUT2D eigenvalue weighted by Crippen LogP contribution is 2.21. The standard InChI is InChI=1S/C12H16BrNO2S/c1-2-14-3-4-16-12(7-14)11(15)6-10-5-9(13)8-17-10/h5,8,12H,2-4,6-7H2,1H3. The maximum atomic E-state index is 12.1. The van der Waals surface area contributed by atoms with E-state index in [1.807, 2.05) is 11.4 Å². The largest absolute Gasteiger partial charge is 0.368 e. The number of nitrogens with zero attached hydrogens (tertiary/aromatic N) is 1. The van der Waals surface area contributed by atoms with E-state index in [4.69, 9.17) is 4.74 Å². The lowest BCUT2D eigenvalue weighted by Crippen LogP contribution is -2.46. The van der Waals surface area contributed by atoms with Gasteiger partial charge in [-0.1, -0.05) is 6.92 Å². The fourth-order valence-corrected chi connectivity index (χ4v) is 3.38. The molecule has 0 amide bonds. The molecule has 3 nitrogen and oxygen atoms in total.